The third kappa shape index (κ3) is 3.17. The second kappa shape index (κ2) is 7.11. The van der Waals surface area contributed by atoms with E-state index in [-0.39, 0.29) is 11.7 Å². The third-order valence-electron chi connectivity index (χ3n) is 4.12. The van der Waals surface area contributed by atoms with Crippen LogP contribution < -0.4 is 10.6 Å². The number of amides is 1. The Bertz CT molecular complexity index is 505. The van der Waals surface area contributed by atoms with E-state index in [1.165, 1.54) is 0 Å². The van der Waals surface area contributed by atoms with Crippen LogP contribution in [0.3, 0.4) is 0 Å². The van der Waals surface area contributed by atoms with Crippen LogP contribution in [0.1, 0.15) is 39.2 Å². The first-order valence-corrected chi connectivity index (χ1v) is 7.33. The minimum absolute atomic E-state index is 0.0249. The van der Waals surface area contributed by atoms with Crippen LogP contribution in [0.4, 0.5) is 5.69 Å². The zero-order valence-electron chi connectivity index (χ0n) is 13.3. The average Bonchev–Trinajstić information content (AvgIpc) is 2.51. The fourth-order valence-corrected chi connectivity index (χ4v) is 2.55. The molecular weight excluding hydrogens is 266 g/mol. The molecule has 21 heavy (non-hydrogen) atoms. The fourth-order valence-electron chi connectivity index (χ4n) is 2.55. The Balaban J connectivity index is 3.25. The van der Waals surface area contributed by atoms with Gasteiger partial charge in [-0.3, -0.25) is 4.79 Å². The quantitative estimate of drug-likeness (QED) is 0.366. The Morgan fingerprint density at radius 1 is 1.24 bits per heavy atom. The maximum Gasteiger partial charge on any atom is 0.240 e. The summed E-state index contributed by atoms with van der Waals surface area (Å²) in [4.78, 5) is 14.7. The number of anilines is 1. The highest BCUT2D eigenvalue weighted by molar-refractivity contribution is 6.12. The number of aryl methyl sites for hydroxylation is 1. The molecule has 0 saturated carbocycles. The Labute approximate surface area is 126 Å². The predicted octanol–water partition coefficient (Wildman–Crippen LogP) is 2.90. The molecule has 5 heteroatoms. The zero-order chi connectivity index (χ0) is 16.0. The Hall–Kier alpha value is -2.04. The van der Waals surface area contributed by atoms with E-state index in [1.807, 2.05) is 52.0 Å². The molecule has 0 aromatic heterocycles. The van der Waals surface area contributed by atoms with Gasteiger partial charge in [-0.1, -0.05) is 36.7 Å². The lowest BCUT2D eigenvalue weighted by atomic mass is 9.79. The summed E-state index contributed by atoms with van der Waals surface area (Å²) in [5, 5.41) is 12.1. The molecule has 0 bridgehead atoms. The normalized spacial score (nSPS) is 12.3. The molecule has 0 saturated heterocycles. The summed E-state index contributed by atoms with van der Waals surface area (Å²) in [6.45, 7) is 8.20. The molecule has 1 rings (SSSR count). The van der Waals surface area contributed by atoms with E-state index in [0.29, 0.717) is 19.4 Å². The van der Waals surface area contributed by atoms with Crippen molar-refractivity contribution < 1.29 is 10.0 Å². The lowest BCUT2D eigenvalue weighted by Gasteiger charge is -2.34. The third-order valence-corrected chi connectivity index (χ3v) is 4.12. The molecule has 1 aromatic carbocycles. The first-order chi connectivity index (χ1) is 9.96. The molecule has 5 nitrogen and oxygen atoms in total. The van der Waals surface area contributed by atoms with Gasteiger partial charge in [-0.05, 0) is 38.8 Å². The number of nitrogens with two attached hydrogens (primary N) is 1. The number of benzene rings is 1. The summed E-state index contributed by atoms with van der Waals surface area (Å²) in [6, 6.07) is 7.76. The van der Waals surface area contributed by atoms with Crippen molar-refractivity contribution in [3.8, 4) is 0 Å². The molecular formula is C16H25N3O2. The Morgan fingerprint density at radius 2 is 1.76 bits per heavy atom. The number of carbonyl (C=O) groups excluding carboxylic acids is 1. The van der Waals surface area contributed by atoms with Crippen LogP contribution in [-0.2, 0) is 4.79 Å². The first kappa shape index (κ1) is 17.0. The van der Waals surface area contributed by atoms with Crippen molar-refractivity contribution in [3.05, 3.63) is 29.8 Å². The number of amidine groups is 1. The molecule has 1 amide bonds. The second-order valence-corrected chi connectivity index (χ2v) is 5.16. The van der Waals surface area contributed by atoms with Crippen molar-refractivity contribution in [2.45, 2.75) is 40.5 Å². The van der Waals surface area contributed by atoms with Gasteiger partial charge < -0.3 is 15.8 Å². The van der Waals surface area contributed by atoms with E-state index >= 15 is 0 Å². The number of hydrogen-bond donors (Lipinski definition) is 2. The van der Waals surface area contributed by atoms with Crippen LogP contribution in [0, 0.1) is 12.3 Å². The topological polar surface area (TPSA) is 78.9 Å². The average molecular weight is 291 g/mol. The van der Waals surface area contributed by atoms with Gasteiger partial charge in [0.2, 0.25) is 5.91 Å². The van der Waals surface area contributed by atoms with Crippen LogP contribution >= 0.6 is 0 Å². The van der Waals surface area contributed by atoms with Gasteiger partial charge >= 0.3 is 0 Å². The zero-order valence-corrected chi connectivity index (χ0v) is 13.3. The highest BCUT2D eigenvalue weighted by atomic mass is 16.4. The lowest BCUT2D eigenvalue weighted by molar-refractivity contribution is -0.125. The molecule has 0 aliphatic carbocycles. The molecule has 0 atom stereocenters. The molecule has 0 heterocycles. The summed E-state index contributed by atoms with van der Waals surface area (Å²) in [6.07, 6.45) is 0.973. The molecule has 0 aliphatic heterocycles. The van der Waals surface area contributed by atoms with E-state index in [2.05, 4.69) is 5.16 Å². The van der Waals surface area contributed by atoms with Crippen LogP contribution in [0.5, 0.6) is 0 Å². The number of nitrogens with zero attached hydrogens (tertiary/aromatic N) is 2. The van der Waals surface area contributed by atoms with E-state index < -0.39 is 5.41 Å². The highest BCUT2D eigenvalue weighted by Crippen LogP contribution is 2.31. The number of oxime groups is 1. The predicted molar refractivity (Wildman–Crippen MR) is 85.6 cm³/mol. The van der Waals surface area contributed by atoms with Gasteiger partial charge in [0.25, 0.3) is 0 Å². The monoisotopic (exact) mass is 291 g/mol. The minimum Gasteiger partial charge on any atom is -0.409 e. The maximum absolute atomic E-state index is 13.0. The smallest absolute Gasteiger partial charge is 0.240 e. The van der Waals surface area contributed by atoms with Gasteiger partial charge in [0.15, 0.2) is 5.84 Å². The summed E-state index contributed by atoms with van der Waals surface area (Å²) in [5.41, 5.74) is 6.82. The SMILES string of the molecule is CCN(C(=O)C(CC)(CC)C(N)=NO)c1ccc(C)cc1. The van der Waals surface area contributed by atoms with Gasteiger partial charge in [0, 0.05) is 12.2 Å². The first-order valence-electron chi connectivity index (χ1n) is 7.33. The molecule has 0 radical (unpaired) electrons. The van der Waals surface area contributed by atoms with E-state index in [0.717, 1.165) is 11.3 Å². The Kier molecular flexibility index (Phi) is 5.76. The van der Waals surface area contributed by atoms with Crippen molar-refractivity contribution in [1.29, 1.82) is 0 Å². The molecule has 0 fully saturated rings. The van der Waals surface area contributed by atoms with E-state index in [9.17, 15) is 4.79 Å². The van der Waals surface area contributed by atoms with E-state index in [4.69, 9.17) is 10.9 Å². The second-order valence-electron chi connectivity index (χ2n) is 5.16. The van der Waals surface area contributed by atoms with Gasteiger partial charge in [0.05, 0.1) is 0 Å². The van der Waals surface area contributed by atoms with Crippen molar-refractivity contribution >= 4 is 17.4 Å². The maximum atomic E-state index is 13.0. The Morgan fingerprint density at radius 3 is 2.14 bits per heavy atom. The van der Waals surface area contributed by atoms with Crippen LogP contribution in [-0.4, -0.2) is 23.5 Å². The largest absolute Gasteiger partial charge is 0.409 e. The van der Waals surface area contributed by atoms with Gasteiger partial charge in [-0.15, -0.1) is 0 Å². The molecule has 0 spiro atoms. The van der Waals surface area contributed by atoms with Gasteiger partial charge in [-0.25, -0.2) is 0 Å². The highest BCUT2D eigenvalue weighted by Gasteiger charge is 2.42. The van der Waals surface area contributed by atoms with Gasteiger partial charge in [-0.2, -0.15) is 0 Å². The summed E-state index contributed by atoms with van der Waals surface area (Å²) in [5.74, 6) is -0.155. The summed E-state index contributed by atoms with van der Waals surface area (Å²) in [7, 11) is 0. The summed E-state index contributed by atoms with van der Waals surface area (Å²) < 4.78 is 0. The van der Waals surface area contributed by atoms with Crippen molar-refractivity contribution in [3.63, 3.8) is 0 Å². The van der Waals surface area contributed by atoms with Crippen LogP contribution in [0.25, 0.3) is 0 Å². The lowest BCUT2D eigenvalue weighted by Crippen LogP contribution is -2.51. The van der Waals surface area contributed by atoms with Crippen molar-refractivity contribution in [1.82, 2.24) is 0 Å². The number of hydrogen-bond acceptors (Lipinski definition) is 3. The standard InChI is InChI=1S/C16H25N3O2/c1-5-16(6-2,14(17)18-21)15(20)19(7-3)13-10-8-12(4)9-11-13/h8-11,21H,5-7H2,1-4H3,(H2,17,18). The minimum atomic E-state index is -0.963. The molecule has 116 valence electrons. The molecule has 1 aromatic rings. The molecule has 3 N–H and O–H groups in total. The summed E-state index contributed by atoms with van der Waals surface area (Å²) >= 11 is 0. The van der Waals surface area contributed by atoms with Crippen LogP contribution in [0.15, 0.2) is 29.4 Å². The van der Waals surface area contributed by atoms with Crippen molar-refractivity contribution in [2.24, 2.45) is 16.3 Å². The number of carbonyl (C=O) groups is 1. The molecule has 0 aliphatic rings. The van der Waals surface area contributed by atoms with Crippen molar-refractivity contribution in [2.75, 3.05) is 11.4 Å². The molecule has 0 unspecified atom stereocenters. The fraction of sp³-hybridized carbons (Fsp3) is 0.500. The van der Waals surface area contributed by atoms with Gasteiger partial charge in [0.1, 0.15) is 5.41 Å². The van der Waals surface area contributed by atoms with Crippen LogP contribution in [0.2, 0.25) is 0 Å². The van der Waals surface area contributed by atoms with E-state index in [1.54, 1.807) is 4.90 Å². The number of rotatable bonds is 6.